The van der Waals surface area contributed by atoms with Gasteiger partial charge in [0.2, 0.25) is 0 Å². The maximum absolute atomic E-state index is 9.96. The molecule has 0 saturated carbocycles. The van der Waals surface area contributed by atoms with Crippen molar-refractivity contribution in [2.24, 2.45) is 0 Å². The maximum atomic E-state index is 9.96. The van der Waals surface area contributed by atoms with E-state index >= 15 is 0 Å². The lowest BCUT2D eigenvalue weighted by molar-refractivity contribution is -0.0646. The molecule has 2 N–H and O–H groups in total. The zero-order chi connectivity index (χ0) is 9.61. The van der Waals surface area contributed by atoms with Crippen molar-refractivity contribution in [3.63, 3.8) is 0 Å². The molecule has 0 radical (unpaired) electrons. The molecule has 0 fully saturated rings. The van der Waals surface area contributed by atoms with Gasteiger partial charge in [-0.2, -0.15) is 0 Å². The average Bonchev–Trinajstić information content (AvgIpc) is 2.04. The normalized spacial score (nSPS) is 14.3. The highest BCUT2D eigenvalue weighted by molar-refractivity contribution is 4.95. The Balaban J connectivity index is 4.25. The van der Waals surface area contributed by atoms with E-state index in [0.29, 0.717) is 12.8 Å². The van der Waals surface area contributed by atoms with Gasteiger partial charge in [-0.25, -0.2) is 0 Å². The molecule has 0 heterocycles. The summed E-state index contributed by atoms with van der Waals surface area (Å²) in [5.41, 5.74) is -0.953. The van der Waals surface area contributed by atoms with Crippen LogP contribution in [0.1, 0.15) is 39.5 Å². The molecule has 0 aliphatic rings. The Morgan fingerprint density at radius 3 is 2.00 bits per heavy atom. The lowest BCUT2D eigenvalue weighted by Gasteiger charge is -2.30. The first-order chi connectivity index (χ1) is 5.60. The van der Waals surface area contributed by atoms with Gasteiger partial charge < -0.3 is 10.2 Å². The molecule has 0 aromatic rings. The first-order valence-corrected chi connectivity index (χ1v) is 4.63. The van der Waals surface area contributed by atoms with Crippen molar-refractivity contribution in [2.45, 2.75) is 51.2 Å². The third-order valence-corrected chi connectivity index (χ3v) is 2.14. The van der Waals surface area contributed by atoms with Crippen LogP contribution >= 0.6 is 0 Å². The minimum Gasteiger partial charge on any atom is -0.387 e. The molecular formula is C10H20O2. The molecule has 2 nitrogen and oxygen atoms in total. The summed E-state index contributed by atoms with van der Waals surface area (Å²) < 4.78 is 0. The summed E-state index contributed by atoms with van der Waals surface area (Å²) in [7, 11) is 0. The zero-order valence-corrected chi connectivity index (χ0v) is 8.08. The molecule has 0 aromatic carbocycles. The topological polar surface area (TPSA) is 40.5 Å². The highest BCUT2D eigenvalue weighted by Gasteiger charge is 2.31. The molecule has 0 saturated heterocycles. The molecule has 72 valence electrons. The van der Waals surface area contributed by atoms with E-state index in [4.69, 9.17) is 0 Å². The summed E-state index contributed by atoms with van der Waals surface area (Å²) in [5.74, 6) is 0. The number of rotatable bonds is 6. The largest absolute Gasteiger partial charge is 0.387 e. The van der Waals surface area contributed by atoms with Crippen LogP contribution in [-0.2, 0) is 0 Å². The quantitative estimate of drug-likeness (QED) is 0.600. The Kier molecular flexibility index (Phi) is 5.18. The molecule has 0 aliphatic heterocycles. The smallest absolute Gasteiger partial charge is 0.100 e. The average molecular weight is 172 g/mol. The summed E-state index contributed by atoms with van der Waals surface area (Å²) >= 11 is 0. The Bertz CT molecular complexity index is 126. The first kappa shape index (κ1) is 11.7. The van der Waals surface area contributed by atoms with Crippen LogP contribution in [0.15, 0.2) is 12.7 Å². The van der Waals surface area contributed by atoms with Gasteiger partial charge in [-0.15, -0.1) is 6.58 Å². The predicted octanol–water partition coefficient (Wildman–Crippen LogP) is 1.86. The highest BCUT2D eigenvalue weighted by atomic mass is 16.3. The summed E-state index contributed by atoms with van der Waals surface area (Å²) in [6.07, 6.45) is 3.63. The summed E-state index contributed by atoms with van der Waals surface area (Å²) in [5, 5.41) is 19.4. The Morgan fingerprint density at radius 1 is 1.33 bits per heavy atom. The molecule has 12 heavy (non-hydrogen) atoms. The van der Waals surface area contributed by atoms with Gasteiger partial charge in [0.05, 0.1) is 5.60 Å². The second kappa shape index (κ2) is 5.33. The fourth-order valence-electron chi connectivity index (χ4n) is 1.51. The molecule has 0 bridgehead atoms. The van der Waals surface area contributed by atoms with Crippen molar-refractivity contribution in [3.05, 3.63) is 12.7 Å². The van der Waals surface area contributed by atoms with E-state index in [2.05, 4.69) is 6.58 Å². The van der Waals surface area contributed by atoms with Crippen LogP contribution in [-0.4, -0.2) is 21.9 Å². The highest BCUT2D eigenvalue weighted by Crippen LogP contribution is 2.24. The molecule has 0 aliphatic carbocycles. The number of aliphatic hydroxyl groups is 2. The van der Waals surface area contributed by atoms with Crippen molar-refractivity contribution in [2.75, 3.05) is 0 Å². The maximum Gasteiger partial charge on any atom is 0.100 e. The fourth-order valence-corrected chi connectivity index (χ4v) is 1.51. The minimum absolute atomic E-state index is 0.633. The van der Waals surface area contributed by atoms with Crippen LogP contribution < -0.4 is 0 Å². The van der Waals surface area contributed by atoms with Crippen LogP contribution in [0.25, 0.3) is 0 Å². The van der Waals surface area contributed by atoms with Crippen LogP contribution in [0, 0.1) is 0 Å². The van der Waals surface area contributed by atoms with Gasteiger partial charge >= 0.3 is 0 Å². The molecule has 2 heteroatoms. The van der Waals surface area contributed by atoms with Crippen molar-refractivity contribution in [3.8, 4) is 0 Å². The third-order valence-electron chi connectivity index (χ3n) is 2.14. The minimum atomic E-state index is -0.953. The molecule has 0 amide bonds. The standard InChI is InChI=1S/C10H20O2/c1-4-7-10(12,8-5-2)9(11)6-3/h6,9,11-12H,3-5,7-8H2,1-2H3. The van der Waals surface area contributed by atoms with Crippen LogP contribution in [0.4, 0.5) is 0 Å². The predicted molar refractivity (Wildman–Crippen MR) is 51.0 cm³/mol. The van der Waals surface area contributed by atoms with Gasteiger partial charge in [0.15, 0.2) is 0 Å². The monoisotopic (exact) mass is 172 g/mol. The zero-order valence-electron chi connectivity index (χ0n) is 8.08. The lowest BCUT2D eigenvalue weighted by atomic mass is 9.87. The SMILES string of the molecule is C=CC(O)C(O)(CCC)CCC. The Morgan fingerprint density at radius 2 is 1.75 bits per heavy atom. The van der Waals surface area contributed by atoms with E-state index in [1.165, 1.54) is 6.08 Å². The number of hydrogen-bond acceptors (Lipinski definition) is 2. The molecule has 0 spiro atoms. The second-order valence-electron chi connectivity index (χ2n) is 3.28. The van der Waals surface area contributed by atoms with Gasteiger partial charge in [-0.05, 0) is 12.8 Å². The molecule has 1 atom stereocenters. The van der Waals surface area contributed by atoms with E-state index in [1.54, 1.807) is 0 Å². The summed E-state index contributed by atoms with van der Waals surface area (Å²) in [4.78, 5) is 0. The van der Waals surface area contributed by atoms with Gasteiger partial charge in [0.1, 0.15) is 6.10 Å². The molecule has 0 aromatic heterocycles. The number of aliphatic hydroxyl groups excluding tert-OH is 1. The van der Waals surface area contributed by atoms with Crippen molar-refractivity contribution < 1.29 is 10.2 Å². The van der Waals surface area contributed by atoms with Crippen molar-refractivity contribution in [1.29, 1.82) is 0 Å². The van der Waals surface area contributed by atoms with Gasteiger partial charge in [0.25, 0.3) is 0 Å². The van der Waals surface area contributed by atoms with E-state index < -0.39 is 11.7 Å². The van der Waals surface area contributed by atoms with Gasteiger partial charge in [-0.3, -0.25) is 0 Å². The van der Waals surface area contributed by atoms with Gasteiger partial charge in [-0.1, -0.05) is 32.8 Å². The second-order valence-corrected chi connectivity index (χ2v) is 3.28. The van der Waals surface area contributed by atoms with E-state index in [1.807, 2.05) is 13.8 Å². The van der Waals surface area contributed by atoms with Gasteiger partial charge in [0, 0.05) is 0 Å². The summed E-state index contributed by atoms with van der Waals surface area (Å²) in [6.45, 7) is 7.47. The van der Waals surface area contributed by atoms with E-state index in [9.17, 15) is 10.2 Å². The van der Waals surface area contributed by atoms with E-state index in [-0.39, 0.29) is 0 Å². The van der Waals surface area contributed by atoms with Crippen LogP contribution in [0.3, 0.4) is 0 Å². The Hall–Kier alpha value is -0.340. The van der Waals surface area contributed by atoms with Crippen LogP contribution in [0.2, 0.25) is 0 Å². The van der Waals surface area contributed by atoms with Crippen LogP contribution in [0.5, 0.6) is 0 Å². The fraction of sp³-hybridized carbons (Fsp3) is 0.800. The number of hydrogen-bond donors (Lipinski definition) is 2. The molecular weight excluding hydrogens is 152 g/mol. The summed E-state index contributed by atoms with van der Waals surface area (Å²) in [6, 6.07) is 0. The first-order valence-electron chi connectivity index (χ1n) is 4.63. The van der Waals surface area contributed by atoms with E-state index in [0.717, 1.165) is 12.8 Å². The molecule has 1 unspecified atom stereocenters. The Labute approximate surface area is 74.9 Å². The lowest BCUT2D eigenvalue weighted by Crippen LogP contribution is -2.40. The molecule has 0 rings (SSSR count). The third kappa shape index (κ3) is 2.95. The van der Waals surface area contributed by atoms with Crippen molar-refractivity contribution in [1.82, 2.24) is 0 Å². The van der Waals surface area contributed by atoms with Crippen molar-refractivity contribution >= 4 is 0 Å².